The van der Waals surface area contributed by atoms with E-state index in [1.807, 2.05) is 12.1 Å². The fourth-order valence-corrected chi connectivity index (χ4v) is 4.31. The molecule has 1 aromatic heterocycles. The van der Waals surface area contributed by atoms with Crippen LogP contribution in [0.5, 0.6) is 0 Å². The van der Waals surface area contributed by atoms with E-state index >= 15 is 0 Å². The number of hydrogen-bond donors (Lipinski definition) is 1. The molecule has 3 heteroatoms. The molecular formula is C22H31NOS. The number of hydrogen-bond acceptors (Lipinski definition) is 2. The third-order valence-electron chi connectivity index (χ3n) is 4.81. The van der Waals surface area contributed by atoms with Gasteiger partial charge >= 0.3 is 0 Å². The first-order valence-electron chi connectivity index (χ1n) is 9.28. The number of carbonyl (C=O) groups is 1. The van der Waals surface area contributed by atoms with Crippen LogP contribution in [0.4, 0.5) is 0 Å². The zero-order valence-electron chi connectivity index (χ0n) is 16.2. The van der Waals surface area contributed by atoms with Gasteiger partial charge in [-0.25, -0.2) is 0 Å². The second-order valence-corrected chi connectivity index (χ2v) is 8.73. The van der Waals surface area contributed by atoms with Gasteiger partial charge in [-0.15, -0.1) is 11.3 Å². The molecule has 1 aliphatic carbocycles. The van der Waals surface area contributed by atoms with Crippen LogP contribution < -0.4 is 5.32 Å². The molecule has 0 saturated carbocycles. The maximum atomic E-state index is 12.0. The first-order chi connectivity index (χ1) is 11.8. The van der Waals surface area contributed by atoms with E-state index in [0.29, 0.717) is 0 Å². The Morgan fingerprint density at radius 1 is 1.36 bits per heavy atom. The van der Waals surface area contributed by atoms with Crippen LogP contribution >= 0.6 is 11.3 Å². The standard InChI is InChI=1S/C22H31NOS/c1-6-14-23-21(24)20-12-10-18(25-20)15-16(2)9-11-19-17(3)8-7-13-22(19,4)5/h9-12,15H,6-8,13-14H2,1-5H3,(H,23,24)/b11-9+,16-15+. The Bertz CT molecular complexity index is 703. The highest BCUT2D eigenvalue weighted by molar-refractivity contribution is 7.14. The Labute approximate surface area is 156 Å². The molecule has 0 radical (unpaired) electrons. The van der Waals surface area contributed by atoms with Crippen LogP contribution in [0.1, 0.15) is 74.9 Å². The van der Waals surface area contributed by atoms with Crippen molar-refractivity contribution in [2.45, 2.75) is 60.3 Å². The van der Waals surface area contributed by atoms with Gasteiger partial charge in [-0.1, -0.05) is 38.5 Å². The summed E-state index contributed by atoms with van der Waals surface area (Å²) in [6, 6.07) is 3.94. The maximum absolute atomic E-state index is 12.0. The molecule has 1 heterocycles. The van der Waals surface area contributed by atoms with Crippen LogP contribution in [0.2, 0.25) is 0 Å². The second-order valence-electron chi connectivity index (χ2n) is 7.61. The zero-order chi connectivity index (χ0) is 18.4. The van der Waals surface area contributed by atoms with Gasteiger partial charge in [0.15, 0.2) is 0 Å². The van der Waals surface area contributed by atoms with Gasteiger partial charge in [0.2, 0.25) is 0 Å². The highest BCUT2D eigenvalue weighted by atomic mass is 32.1. The highest BCUT2D eigenvalue weighted by Gasteiger charge is 2.26. The molecule has 25 heavy (non-hydrogen) atoms. The van der Waals surface area contributed by atoms with Crippen molar-refractivity contribution in [1.29, 1.82) is 0 Å². The number of allylic oxidation sites excluding steroid dienone is 5. The molecule has 1 aromatic rings. The van der Waals surface area contributed by atoms with Crippen LogP contribution in [0.3, 0.4) is 0 Å². The second kappa shape index (κ2) is 8.66. The summed E-state index contributed by atoms with van der Waals surface area (Å²) in [5.41, 5.74) is 4.49. The van der Waals surface area contributed by atoms with E-state index in [2.05, 4.69) is 58.2 Å². The number of amides is 1. The monoisotopic (exact) mass is 357 g/mol. The Morgan fingerprint density at radius 3 is 2.80 bits per heavy atom. The average Bonchev–Trinajstić information content (AvgIpc) is 3.00. The maximum Gasteiger partial charge on any atom is 0.261 e. The van der Waals surface area contributed by atoms with Gasteiger partial charge in [0.25, 0.3) is 5.91 Å². The van der Waals surface area contributed by atoms with Crippen LogP contribution in [-0.2, 0) is 0 Å². The summed E-state index contributed by atoms with van der Waals surface area (Å²) in [5, 5.41) is 2.93. The van der Waals surface area contributed by atoms with Crippen molar-refractivity contribution in [3.63, 3.8) is 0 Å². The van der Waals surface area contributed by atoms with Gasteiger partial charge in [0.1, 0.15) is 0 Å². The lowest BCUT2D eigenvalue weighted by Gasteiger charge is -2.32. The summed E-state index contributed by atoms with van der Waals surface area (Å²) in [5.74, 6) is 0.0319. The van der Waals surface area contributed by atoms with E-state index in [-0.39, 0.29) is 11.3 Å². The zero-order valence-corrected chi connectivity index (χ0v) is 17.1. The Morgan fingerprint density at radius 2 is 2.12 bits per heavy atom. The fourth-order valence-electron chi connectivity index (χ4n) is 3.38. The van der Waals surface area contributed by atoms with E-state index in [4.69, 9.17) is 0 Å². The van der Waals surface area contributed by atoms with E-state index < -0.39 is 0 Å². The molecule has 1 amide bonds. The fraction of sp³-hybridized carbons (Fsp3) is 0.500. The number of thiophene rings is 1. The molecule has 2 nitrogen and oxygen atoms in total. The summed E-state index contributed by atoms with van der Waals surface area (Å²) in [4.78, 5) is 13.9. The molecule has 0 spiro atoms. The molecule has 0 unspecified atom stereocenters. The number of nitrogens with one attached hydrogen (secondary N) is 1. The van der Waals surface area contributed by atoms with E-state index in [1.165, 1.54) is 36.0 Å². The van der Waals surface area contributed by atoms with E-state index in [1.54, 1.807) is 11.3 Å². The van der Waals surface area contributed by atoms with Crippen molar-refractivity contribution in [3.05, 3.63) is 50.8 Å². The molecule has 0 aliphatic heterocycles. The van der Waals surface area contributed by atoms with Gasteiger partial charge in [0, 0.05) is 11.4 Å². The summed E-state index contributed by atoms with van der Waals surface area (Å²) < 4.78 is 0. The Balaban J connectivity index is 2.09. The normalized spacial score (nSPS) is 18.0. The van der Waals surface area contributed by atoms with Crippen molar-refractivity contribution in [2.24, 2.45) is 5.41 Å². The van der Waals surface area contributed by atoms with Crippen molar-refractivity contribution >= 4 is 23.3 Å². The molecule has 0 atom stereocenters. The van der Waals surface area contributed by atoms with Crippen LogP contribution in [0.15, 0.2) is 41.0 Å². The third kappa shape index (κ3) is 5.43. The van der Waals surface area contributed by atoms with E-state index in [9.17, 15) is 4.79 Å². The molecule has 1 N–H and O–H groups in total. The molecule has 0 fully saturated rings. The molecule has 0 bridgehead atoms. The summed E-state index contributed by atoms with van der Waals surface area (Å²) in [6.45, 7) is 11.9. The first-order valence-corrected chi connectivity index (χ1v) is 10.1. The SMILES string of the molecule is CCCNC(=O)c1ccc(/C=C(C)/C=C/C2=C(C)CCCC2(C)C)s1. The first kappa shape index (κ1) is 19.7. The summed E-state index contributed by atoms with van der Waals surface area (Å²) in [7, 11) is 0. The van der Waals surface area contributed by atoms with Crippen molar-refractivity contribution in [1.82, 2.24) is 5.32 Å². The van der Waals surface area contributed by atoms with Gasteiger partial charge < -0.3 is 5.32 Å². The van der Waals surface area contributed by atoms with E-state index in [0.717, 1.165) is 22.7 Å². The lowest BCUT2D eigenvalue weighted by Crippen LogP contribution is -2.22. The summed E-state index contributed by atoms with van der Waals surface area (Å²) >= 11 is 1.55. The largest absolute Gasteiger partial charge is 0.351 e. The van der Waals surface area contributed by atoms with Crippen LogP contribution in [0.25, 0.3) is 6.08 Å². The molecular weight excluding hydrogens is 326 g/mol. The van der Waals surface area contributed by atoms with Crippen LogP contribution in [-0.4, -0.2) is 12.5 Å². The minimum Gasteiger partial charge on any atom is -0.351 e. The molecule has 0 aromatic carbocycles. The van der Waals surface area contributed by atoms with Crippen LogP contribution in [0, 0.1) is 5.41 Å². The predicted octanol–water partition coefficient (Wildman–Crippen LogP) is 6.37. The van der Waals surface area contributed by atoms with Gasteiger partial charge in [0.05, 0.1) is 4.88 Å². The van der Waals surface area contributed by atoms with Gasteiger partial charge in [-0.05, 0) is 74.3 Å². The quantitative estimate of drug-likeness (QED) is 0.588. The topological polar surface area (TPSA) is 29.1 Å². The highest BCUT2D eigenvalue weighted by Crippen LogP contribution is 2.40. The molecule has 0 saturated heterocycles. The smallest absolute Gasteiger partial charge is 0.261 e. The molecule has 2 rings (SSSR count). The van der Waals surface area contributed by atoms with Crippen molar-refractivity contribution in [3.8, 4) is 0 Å². The van der Waals surface area contributed by atoms with Gasteiger partial charge in [-0.3, -0.25) is 4.79 Å². The summed E-state index contributed by atoms with van der Waals surface area (Å²) in [6.07, 6.45) is 11.4. The lowest BCUT2D eigenvalue weighted by molar-refractivity contribution is 0.0957. The third-order valence-corrected chi connectivity index (χ3v) is 5.84. The average molecular weight is 358 g/mol. The van der Waals surface area contributed by atoms with Gasteiger partial charge in [-0.2, -0.15) is 0 Å². The number of carbonyl (C=O) groups excluding carboxylic acids is 1. The molecule has 1 aliphatic rings. The minimum atomic E-state index is 0.0319. The number of rotatable bonds is 6. The lowest BCUT2D eigenvalue weighted by atomic mass is 9.72. The molecule has 136 valence electrons. The Kier molecular flexibility index (Phi) is 6.83. The van der Waals surface area contributed by atoms with Crippen molar-refractivity contribution < 1.29 is 4.79 Å². The Hall–Kier alpha value is -1.61. The predicted molar refractivity (Wildman–Crippen MR) is 110 cm³/mol. The minimum absolute atomic E-state index is 0.0319. The van der Waals surface area contributed by atoms with Crippen molar-refractivity contribution in [2.75, 3.05) is 6.54 Å².